The van der Waals surface area contributed by atoms with E-state index in [4.69, 9.17) is 9.29 Å². The predicted molar refractivity (Wildman–Crippen MR) is 74.1 cm³/mol. The van der Waals surface area contributed by atoms with E-state index in [1.165, 1.54) is 18.2 Å². The topological polar surface area (TPSA) is 80.7 Å². The lowest BCUT2D eigenvalue weighted by Crippen LogP contribution is -2.06. The van der Waals surface area contributed by atoms with Gasteiger partial charge in [0.25, 0.3) is 0 Å². The number of hydrogen-bond donors (Lipinski definition) is 1. The van der Waals surface area contributed by atoms with Gasteiger partial charge in [0.2, 0.25) is 0 Å². The van der Waals surface area contributed by atoms with Crippen molar-refractivity contribution < 1.29 is 22.5 Å². The first kappa shape index (κ1) is 13.8. The highest BCUT2D eigenvalue weighted by atomic mass is 79.9. The summed E-state index contributed by atoms with van der Waals surface area (Å²) >= 11 is 3.31. The lowest BCUT2D eigenvalue weighted by molar-refractivity contribution is 0.0699. The smallest absolute Gasteiger partial charge is 0.336 e. The molecule has 19 heavy (non-hydrogen) atoms. The molecule has 2 aromatic rings. The number of hydrogen-bond acceptors (Lipinski definition) is 4. The molecular weight excluding hydrogens is 336 g/mol. The van der Waals surface area contributed by atoms with E-state index in [0.29, 0.717) is 10.8 Å². The van der Waals surface area contributed by atoms with Gasteiger partial charge in [-0.25, -0.2) is 4.79 Å². The summed E-state index contributed by atoms with van der Waals surface area (Å²) in [5.74, 6) is -1.01. The van der Waals surface area contributed by atoms with Gasteiger partial charge in [0, 0.05) is 9.86 Å². The Labute approximate surface area is 118 Å². The minimum atomic E-state index is -3.65. The van der Waals surface area contributed by atoms with Gasteiger partial charge in [-0.15, -0.1) is 0 Å². The fourth-order valence-corrected chi connectivity index (χ4v) is 2.63. The van der Waals surface area contributed by atoms with Gasteiger partial charge in [-0.3, -0.25) is 0 Å². The molecule has 0 amide bonds. The van der Waals surface area contributed by atoms with E-state index < -0.39 is 16.1 Å². The van der Waals surface area contributed by atoms with Crippen LogP contribution in [-0.2, 0) is 10.1 Å². The van der Waals surface area contributed by atoms with Gasteiger partial charge in [0.1, 0.15) is 5.75 Å². The van der Waals surface area contributed by atoms with Gasteiger partial charge in [-0.1, -0.05) is 15.9 Å². The summed E-state index contributed by atoms with van der Waals surface area (Å²) < 4.78 is 27.6. The monoisotopic (exact) mass is 344 g/mol. The van der Waals surface area contributed by atoms with Crippen LogP contribution in [0.15, 0.2) is 34.8 Å². The van der Waals surface area contributed by atoms with Crippen molar-refractivity contribution in [1.29, 1.82) is 0 Å². The third-order valence-electron chi connectivity index (χ3n) is 2.41. The number of fused-ring (bicyclic) bond motifs is 1. The van der Waals surface area contributed by atoms with E-state index >= 15 is 0 Å². The van der Waals surface area contributed by atoms with Crippen LogP contribution >= 0.6 is 15.9 Å². The Kier molecular flexibility index (Phi) is 3.51. The molecule has 0 aliphatic rings. The van der Waals surface area contributed by atoms with Gasteiger partial charge < -0.3 is 9.29 Å². The summed E-state index contributed by atoms with van der Waals surface area (Å²) in [5.41, 5.74) is 0.0807. The normalized spacial score (nSPS) is 11.5. The maximum Gasteiger partial charge on any atom is 0.336 e. The Morgan fingerprint density at radius 2 is 1.89 bits per heavy atom. The molecule has 0 saturated carbocycles. The molecule has 0 atom stereocenters. The van der Waals surface area contributed by atoms with Crippen LogP contribution in [0.4, 0.5) is 0 Å². The molecule has 0 saturated heterocycles. The highest BCUT2D eigenvalue weighted by Gasteiger charge is 2.13. The van der Waals surface area contributed by atoms with E-state index in [1.807, 2.05) is 0 Å². The number of aromatic carboxylic acids is 1. The van der Waals surface area contributed by atoms with Gasteiger partial charge in [0.15, 0.2) is 0 Å². The summed E-state index contributed by atoms with van der Waals surface area (Å²) in [7, 11) is -3.65. The van der Waals surface area contributed by atoms with Crippen molar-refractivity contribution in [2.75, 3.05) is 6.26 Å². The summed E-state index contributed by atoms with van der Waals surface area (Å²) in [6.07, 6.45) is 0.927. The van der Waals surface area contributed by atoms with Gasteiger partial charge >= 0.3 is 16.1 Å². The molecular formula is C12H9BrO5S. The van der Waals surface area contributed by atoms with Gasteiger partial charge in [0.05, 0.1) is 11.8 Å². The lowest BCUT2D eigenvalue weighted by Gasteiger charge is -2.08. The summed E-state index contributed by atoms with van der Waals surface area (Å²) in [4.78, 5) is 11.1. The van der Waals surface area contributed by atoms with Crippen LogP contribution in [0.5, 0.6) is 5.75 Å². The second-order valence-electron chi connectivity index (χ2n) is 3.89. The maximum atomic E-state index is 11.1. The van der Waals surface area contributed by atoms with Crippen LogP contribution in [0, 0.1) is 0 Å². The molecule has 0 aliphatic carbocycles. The van der Waals surface area contributed by atoms with E-state index in [0.717, 1.165) is 10.7 Å². The van der Waals surface area contributed by atoms with E-state index in [2.05, 4.69) is 15.9 Å². The third kappa shape index (κ3) is 3.05. The summed E-state index contributed by atoms with van der Waals surface area (Å²) in [6.45, 7) is 0. The maximum absolute atomic E-state index is 11.1. The van der Waals surface area contributed by atoms with Gasteiger partial charge in [-0.2, -0.15) is 8.42 Å². The molecule has 0 aliphatic heterocycles. The van der Waals surface area contributed by atoms with Crippen LogP contribution < -0.4 is 4.18 Å². The largest absolute Gasteiger partial charge is 0.478 e. The molecule has 2 aromatic carbocycles. The second-order valence-corrected chi connectivity index (χ2v) is 6.32. The zero-order valence-corrected chi connectivity index (χ0v) is 12.2. The molecule has 0 aromatic heterocycles. The van der Waals surface area contributed by atoms with Crippen molar-refractivity contribution in [1.82, 2.24) is 0 Å². The first-order valence-corrected chi connectivity index (χ1v) is 7.74. The molecule has 7 heteroatoms. The molecule has 2 rings (SSSR count). The molecule has 0 bridgehead atoms. The minimum absolute atomic E-state index is 0.0793. The first-order valence-electron chi connectivity index (χ1n) is 5.13. The van der Waals surface area contributed by atoms with E-state index in [-0.39, 0.29) is 11.3 Å². The summed E-state index contributed by atoms with van der Waals surface area (Å²) in [5, 5.41) is 10.2. The fourth-order valence-electron chi connectivity index (χ4n) is 1.70. The highest BCUT2D eigenvalue weighted by molar-refractivity contribution is 9.10. The van der Waals surface area contributed by atoms with Crippen molar-refractivity contribution in [3.63, 3.8) is 0 Å². The number of rotatable bonds is 3. The van der Waals surface area contributed by atoms with Crippen molar-refractivity contribution in [2.24, 2.45) is 0 Å². The second kappa shape index (κ2) is 4.82. The van der Waals surface area contributed by atoms with Crippen LogP contribution in [0.25, 0.3) is 10.8 Å². The zero-order chi connectivity index (χ0) is 14.2. The lowest BCUT2D eigenvalue weighted by atomic mass is 10.0. The van der Waals surface area contributed by atoms with Crippen LogP contribution in [0.2, 0.25) is 0 Å². The minimum Gasteiger partial charge on any atom is -0.478 e. The van der Waals surface area contributed by atoms with E-state index in [1.54, 1.807) is 12.1 Å². The number of halogens is 1. The van der Waals surface area contributed by atoms with Crippen LogP contribution in [0.3, 0.4) is 0 Å². The number of carboxylic acids is 1. The molecule has 0 heterocycles. The fraction of sp³-hybridized carbons (Fsp3) is 0.0833. The van der Waals surface area contributed by atoms with Crippen molar-refractivity contribution in [3.05, 3.63) is 40.4 Å². The Morgan fingerprint density at radius 1 is 1.21 bits per heavy atom. The summed E-state index contributed by atoms with van der Waals surface area (Å²) in [6, 6.07) is 7.54. The number of benzene rings is 2. The molecule has 0 radical (unpaired) electrons. The standard InChI is InChI=1S/C12H9BrO5S/c1-19(16,17)18-7-2-3-8-10(6-7)9(12(14)15)4-5-11(8)13/h2-6H,1H3,(H,14,15). The zero-order valence-electron chi connectivity index (χ0n) is 9.75. The third-order valence-corrected chi connectivity index (χ3v) is 3.60. The molecule has 0 fully saturated rings. The first-order chi connectivity index (χ1) is 8.78. The SMILES string of the molecule is CS(=O)(=O)Oc1ccc2c(Br)ccc(C(=O)O)c2c1. The van der Waals surface area contributed by atoms with Crippen molar-refractivity contribution in [3.8, 4) is 5.75 Å². The Bertz CT molecular complexity index is 767. The molecule has 1 N–H and O–H groups in total. The number of carbonyl (C=O) groups is 1. The molecule has 5 nitrogen and oxygen atoms in total. The van der Waals surface area contributed by atoms with Crippen LogP contribution in [-0.4, -0.2) is 25.7 Å². The quantitative estimate of drug-likeness (QED) is 0.865. The number of carboxylic acid groups (broad SMARTS) is 1. The average Bonchev–Trinajstić information content (AvgIpc) is 2.26. The Morgan fingerprint density at radius 3 is 2.47 bits per heavy atom. The molecule has 0 spiro atoms. The van der Waals surface area contributed by atoms with Gasteiger partial charge in [-0.05, 0) is 35.7 Å². The Balaban J connectivity index is 2.70. The van der Waals surface area contributed by atoms with E-state index in [9.17, 15) is 13.2 Å². The van der Waals surface area contributed by atoms with Crippen molar-refractivity contribution >= 4 is 42.8 Å². The average molecular weight is 345 g/mol. The Hall–Kier alpha value is -1.60. The predicted octanol–water partition coefficient (Wildman–Crippen LogP) is 2.64. The molecule has 0 unspecified atom stereocenters. The van der Waals surface area contributed by atoms with Crippen LogP contribution in [0.1, 0.15) is 10.4 Å². The van der Waals surface area contributed by atoms with Crippen molar-refractivity contribution in [2.45, 2.75) is 0 Å². The molecule has 100 valence electrons. The highest BCUT2D eigenvalue weighted by Crippen LogP contribution is 2.30.